The van der Waals surface area contributed by atoms with E-state index in [9.17, 15) is 14.0 Å². The Morgan fingerprint density at radius 1 is 1.54 bits per heavy atom. The number of alkyl halides is 1. The van der Waals surface area contributed by atoms with Crippen LogP contribution in [0.1, 0.15) is 10.4 Å². The molecule has 0 unspecified atom stereocenters. The number of ether oxygens (including phenoxy) is 1. The molecule has 4 nitrogen and oxygen atoms in total. The first-order valence-electron chi connectivity index (χ1n) is 3.45. The molecule has 13 heavy (non-hydrogen) atoms. The third kappa shape index (κ3) is 2.62. The summed E-state index contributed by atoms with van der Waals surface area (Å²) in [5, 5.41) is 0. The van der Waals surface area contributed by atoms with Gasteiger partial charge in [-0.1, -0.05) is 0 Å². The quantitative estimate of drug-likeness (QED) is 0.501. The van der Waals surface area contributed by atoms with Gasteiger partial charge in [-0.15, -0.1) is 0 Å². The van der Waals surface area contributed by atoms with Crippen LogP contribution in [0.3, 0.4) is 0 Å². The molecule has 0 aromatic carbocycles. The minimum Gasteiger partial charge on any atom is -0.387 e. The van der Waals surface area contributed by atoms with Crippen LogP contribution >= 0.6 is 0 Å². The number of carbonyl (C=O) groups excluding carboxylic acids is 2. The lowest BCUT2D eigenvalue weighted by atomic mass is 10.3. The van der Waals surface area contributed by atoms with E-state index in [2.05, 4.69) is 9.72 Å². The van der Waals surface area contributed by atoms with E-state index in [1.54, 1.807) is 0 Å². The Balaban J connectivity index is 2.65. The molecule has 0 fully saturated rings. The maximum absolute atomic E-state index is 11.6. The van der Waals surface area contributed by atoms with Gasteiger partial charge < -0.3 is 4.74 Å². The van der Waals surface area contributed by atoms with Crippen molar-refractivity contribution in [2.24, 2.45) is 0 Å². The lowest BCUT2D eigenvalue weighted by Crippen LogP contribution is -2.13. The summed E-state index contributed by atoms with van der Waals surface area (Å²) in [5.74, 6) is -2.09. The molecule has 0 bridgehead atoms. The van der Waals surface area contributed by atoms with Gasteiger partial charge in [0.05, 0.1) is 5.56 Å². The average Bonchev–Trinajstić information content (AvgIpc) is 2.19. The minimum absolute atomic E-state index is 0.115. The summed E-state index contributed by atoms with van der Waals surface area (Å²) in [6, 6.07) is 2.93. The molecule has 0 aliphatic carbocycles. The zero-order valence-corrected chi connectivity index (χ0v) is 6.57. The Labute approximate surface area is 73.3 Å². The molecule has 0 N–H and O–H groups in total. The Morgan fingerprint density at radius 3 is 2.85 bits per heavy atom. The summed E-state index contributed by atoms with van der Waals surface area (Å²) in [6.45, 7) is -1.31. The van der Waals surface area contributed by atoms with Crippen LogP contribution in [0.2, 0.25) is 0 Å². The number of carbonyl (C=O) groups is 2. The van der Waals surface area contributed by atoms with Gasteiger partial charge in [-0.3, -0.25) is 4.98 Å². The van der Waals surface area contributed by atoms with Crippen molar-refractivity contribution in [1.82, 2.24) is 4.98 Å². The van der Waals surface area contributed by atoms with Crippen molar-refractivity contribution in [3.8, 4) is 0 Å². The van der Waals surface area contributed by atoms with E-state index in [0.717, 1.165) is 0 Å². The van der Waals surface area contributed by atoms with Gasteiger partial charge in [0.25, 0.3) is 0 Å². The molecule has 1 rings (SSSR count). The molecular formula is C8H6FNO3. The molecule has 5 heteroatoms. The van der Waals surface area contributed by atoms with Gasteiger partial charge in [0.1, 0.15) is 0 Å². The molecule has 68 valence electrons. The highest BCUT2D eigenvalue weighted by atomic mass is 19.1. The summed E-state index contributed by atoms with van der Waals surface area (Å²) >= 11 is 0. The standard InChI is InChI=1S/C8H6FNO3/c9-4-7(11)13-8(12)6-2-1-3-10-5-6/h1-3,5H,4H2. The Bertz CT molecular complexity index is 312. The molecule has 1 heterocycles. The average molecular weight is 183 g/mol. The maximum atomic E-state index is 11.6. The van der Waals surface area contributed by atoms with Crippen LogP contribution in [0.15, 0.2) is 24.5 Å². The van der Waals surface area contributed by atoms with E-state index in [0.29, 0.717) is 0 Å². The first-order chi connectivity index (χ1) is 6.24. The largest absolute Gasteiger partial charge is 0.387 e. The third-order valence-corrected chi connectivity index (χ3v) is 1.21. The number of aromatic nitrogens is 1. The molecule has 0 aliphatic heterocycles. The normalized spacial score (nSPS) is 9.31. The van der Waals surface area contributed by atoms with Crippen molar-refractivity contribution < 1.29 is 18.7 Å². The smallest absolute Gasteiger partial charge is 0.347 e. The molecule has 0 amide bonds. The van der Waals surface area contributed by atoms with Crippen LogP contribution < -0.4 is 0 Å². The lowest BCUT2D eigenvalue weighted by Gasteiger charge is -1.98. The predicted molar refractivity (Wildman–Crippen MR) is 40.6 cm³/mol. The second-order valence-corrected chi connectivity index (χ2v) is 2.14. The van der Waals surface area contributed by atoms with Crippen LogP contribution in [0.25, 0.3) is 0 Å². The number of nitrogens with zero attached hydrogens (tertiary/aromatic N) is 1. The van der Waals surface area contributed by atoms with Crippen molar-refractivity contribution >= 4 is 11.9 Å². The van der Waals surface area contributed by atoms with Gasteiger partial charge >= 0.3 is 11.9 Å². The Kier molecular flexibility index (Phi) is 3.08. The van der Waals surface area contributed by atoms with Crippen molar-refractivity contribution in [2.75, 3.05) is 6.67 Å². The highest BCUT2D eigenvalue weighted by Gasteiger charge is 2.11. The zero-order chi connectivity index (χ0) is 9.68. The first kappa shape index (κ1) is 9.31. The number of hydrogen-bond acceptors (Lipinski definition) is 4. The second kappa shape index (κ2) is 4.30. The second-order valence-electron chi connectivity index (χ2n) is 2.14. The van der Waals surface area contributed by atoms with Crippen LogP contribution in [-0.4, -0.2) is 23.6 Å². The van der Waals surface area contributed by atoms with Crippen LogP contribution in [0, 0.1) is 0 Å². The molecule has 1 aromatic rings. The van der Waals surface area contributed by atoms with Crippen LogP contribution in [0.5, 0.6) is 0 Å². The molecule has 0 saturated carbocycles. The van der Waals surface area contributed by atoms with E-state index in [1.807, 2.05) is 0 Å². The number of esters is 2. The van der Waals surface area contributed by atoms with E-state index in [4.69, 9.17) is 0 Å². The van der Waals surface area contributed by atoms with E-state index in [1.165, 1.54) is 24.5 Å². The molecule has 0 saturated heterocycles. The summed E-state index contributed by atoms with van der Waals surface area (Å²) in [4.78, 5) is 25.0. The molecule has 0 atom stereocenters. The Hall–Kier alpha value is -1.78. The summed E-state index contributed by atoms with van der Waals surface area (Å²) in [7, 11) is 0. The minimum atomic E-state index is -1.31. The van der Waals surface area contributed by atoms with Crippen LogP contribution in [-0.2, 0) is 9.53 Å². The van der Waals surface area contributed by atoms with Gasteiger partial charge in [0, 0.05) is 12.4 Å². The van der Waals surface area contributed by atoms with Crippen molar-refractivity contribution in [3.63, 3.8) is 0 Å². The van der Waals surface area contributed by atoms with Gasteiger partial charge in [-0.2, -0.15) is 0 Å². The van der Waals surface area contributed by atoms with Gasteiger partial charge in [0.2, 0.25) is 0 Å². The first-order valence-corrected chi connectivity index (χ1v) is 3.45. The van der Waals surface area contributed by atoms with E-state index < -0.39 is 18.6 Å². The summed E-state index contributed by atoms with van der Waals surface area (Å²) < 4.78 is 15.7. The zero-order valence-electron chi connectivity index (χ0n) is 6.57. The summed E-state index contributed by atoms with van der Waals surface area (Å²) in [5.41, 5.74) is 0.115. The van der Waals surface area contributed by atoms with Crippen LogP contribution in [0.4, 0.5) is 4.39 Å². The fraction of sp³-hybridized carbons (Fsp3) is 0.125. The number of halogens is 1. The lowest BCUT2D eigenvalue weighted by molar-refractivity contribution is -0.138. The molecule has 0 radical (unpaired) electrons. The molecule has 0 aliphatic rings. The molecule has 0 spiro atoms. The van der Waals surface area contributed by atoms with E-state index in [-0.39, 0.29) is 5.56 Å². The maximum Gasteiger partial charge on any atom is 0.347 e. The highest BCUT2D eigenvalue weighted by Crippen LogP contribution is 1.98. The third-order valence-electron chi connectivity index (χ3n) is 1.21. The summed E-state index contributed by atoms with van der Waals surface area (Å²) in [6.07, 6.45) is 2.70. The molecule has 1 aromatic heterocycles. The van der Waals surface area contributed by atoms with Crippen molar-refractivity contribution in [3.05, 3.63) is 30.1 Å². The monoisotopic (exact) mass is 183 g/mol. The number of hydrogen-bond donors (Lipinski definition) is 0. The fourth-order valence-corrected chi connectivity index (χ4v) is 0.673. The van der Waals surface area contributed by atoms with E-state index >= 15 is 0 Å². The predicted octanol–water partition coefficient (Wildman–Crippen LogP) is 0.734. The fourth-order valence-electron chi connectivity index (χ4n) is 0.673. The van der Waals surface area contributed by atoms with Gasteiger partial charge in [-0.25, -0.2) is 14.0 Å². The number of rotatable bonds is 2. The molecular weight excluding hydrogens is 177 g/mol. The SMILES string of the molecule is O=C(CF)OC(=O)c1cccnc1. The Morgan fingerprint density at radius 2 is 2.31 bits per heavy atom. The van der Waals surface area contributed by atoms with Crippen molar-refractivity contribution in [2.45, 2.75) is 0 Å². The topological polar surface area (TPSA) is 56.3 Å². The van der Waals surface area contributed by atoms with Gasteiger partial charge in [-0.05, 0) is 12.1 Å². The highest BCUT2D eigenvalue weighted by molar-refractivity contribution is 5.96. The van der Waals surface area contributed by atoms with Gasteiger partial charge in [0.15, 0.2) is 6.67 Å². The number of pyridine rings is 1. The van der Waals surface area contributed by atoms with Crippen molar-refractivity contribution in [1.29, 1.82) is 0 Å².